The van der Waals surface area contributed by atoms with E-state index >= 15 is 0 Å². The van der Waals surface area contributed by atoms with E-state index in [1.165, 1.54) is 5.56 Å². The Morgan fingerprint density at radius 2 is 2.19 bits per heavy atom. The van der Waals surface area contributed by atoms with Crippen LogP contribution in [0.2, 0.25) is 5.02 Å². The summed E-state index contributed by atoms with van der Waals surface area (Å²) < 4.78 is 5.04. The number of hydrogen-bond acceptors (Lipinski definition) is 1. The summed E-state index contributed by atoms with van der Waals surface area (Å²) in [4.78, 5) is 0. The molecule has 0 spiro atoms. The van der Waals surface area contributed by atoms with Crippen LogP contribution in [-0.2, 0) is 11.2 Å². The van der Waals surface area contributed by atoms with E-state index in [0.29, 0.717) is 11.8 Å². The maximum Gasteiger partial charge on any atom is 0.0462 e. The van der Waals surface area contributed by atoms with Crippen molar-refractivity contribution in [3.8, 4) is 0 Å². The minimum Gasteiger partial charge on any atom is -0.385 e. The Bertz CT molecular complexity index is 302. The van der Waals surface area contributed by atoms with E-state index in [1.54, 1.807) is 7.11 Å². The third-order valence-electron chi connectivity index (χ3n) is 2.59. The van der Waals surface area contributed by atoms with Crippen LogP contribution in [0.4, 0.5) is 0 Å². The van der Waals surface area contributed by atoms with Gasteiger partial charge in [-0.05, 0) is 42.9 Å². The minimum atomic E-state index is 0.510. The molecule has 1 unspecified atom stereocenters. The molecule has 0 heterocycles. The summed E-state index contributed by atoms with van der Waals surface area (Å²) in [6, 6.07) is 7.99. The number of benzene rings is 1. The van der Waals surface area contributed by atoms with Crippen molar-refractivity contribution in [3.05, 3.63) is 34.9 Å². The highest BCUT2D eigenvalue weighted by atomic mass is 35.5. The largest absolute Gasteiger partial charge is 0.385 e. The highest BCUT2D eigenvalue weighted by Gasteiger charge is 2.08. The molecule has 0 aliphatic heterocycles. The molecule has 1 rings (SSSR count). The summed E-state index contributed by atoms with van der Waals surface area (Å²) in [6.07, 6.45) is 3.16. The number of methoxy groups -OCH3 is 1. The van der Waals surface area contributed by atoms with E-state index in [1.807, 2.05) is 18.2 Å². The SMILES string of the molecule is COCCCC(CCl)Cc1cccc(Cl)c1. The second-order valence-corrected chi connectivity index (χ2v) is 4.73. The van der Waals surface area contributed by atoms with E-state index < -0.39 is 0 Å². The van der Waals surface area contributed by atoms with Gasteiger partial charge in [0.25, 0.3) is 0 Å². The van der Waals surface area contributed by atoms with Gasteiger partial charge in [-0.3, -0.25) is 0 Å². The van der Waals surface area contributed by atoms with Crippen molar-refractivity contribution in [2.24, 2.45) is 5.92 Å². The maximum atomic E-state index is 5.96. The zero-order valence-electron chi connectivity index (χ0n) is 9.59. The number of halogens is 2. The van der Waals surface area contributed by atoms with E-state index in [2.05, 4.69) is 6.07 Å². The van der Waals surface area contributed by atoms with Crippen molar-refractivity contribution in [2.45, 2.75) is 19.3 Å². The van der Waals surface area contributed by atoms with Crippen molar-refractivity contribution in [3.63, 3.8) is 0 Å². The average Bonchev–Trinajstić information content (AvgIpc) is 2.28. The molecule has 3 heteroatoms. The first-order valence-corrected chi connectivity index (χ1v) is 6.47. The highest BCUT2D eigenvalue weighted by molar-refractivity contribution is 6.30. The smallest absolute Gasteiger partial charge is 0.0462 e. The van der Waals surface area contributed by atoms with Crippen LogP contribution in [0.25, 0.3) is 0 Å². The van der Waals surface area contributed by atoms with Gasteiger partial charge in [0.1, 0.15) is 0 Å². The van der Waals surface area contributed by atoms with Crippen LogP contribution in [0.5, 0.6) is 0 Å². The van der Waals surface area contributed by atoms with E-state index in [-0.39, 0.29) is 0 Å². The summed E-state index contributed by atoms with van der Waals surface area (Å²) in [5.74, 6) is 1.20. The normalized spacial score (nSPS) is 12.7. The maximum absolute atomic E-state index is 5.96. The predicted octanol–water partition coefficient (Wildman–Crippen LogP) is 4.16. The molecule has 0 saturated carbocycles. The topological polar surface area (TPSA) is 9.23 Å². The third-order valence-corrected chi connectivity index (χ3v) is 3.26. The molecule has 1 atom stereocenters. The van der Waals surface area contributed by atoms with Crippen molar-refractivity contribution < 1.29 is 4.74 Å². The van der Waals surface area contributed by atoms with Gasteiger partial charge < -0.3 is 4.74 Å². The lowest BCUT2D eigenvalue weighted by Crippen LogP contribution is -2.07. The first kappa shape index (κ1) is 13.8. The van der Waals surface area contributed by atoms with Gasteiger partial charge >= 0.3 is 0 Å². The molecule has 0 radical (unpaired) electrons. The number of rotatable bonds is 7. The van der Waals surface area contributed by atoms with Crippen LogP contribution in [0.1, 0.15) is 18.4 Å². The molecular weight excluding hydrogens is 243 g/mol. The zero-order chi connectivity index (χ0) is 11.8. The first-order valence-electron chi connectivity index (χ1n) is 5.55. The van der Waals surface area contributed by atoms with Gasteiger partial charge in [-0.1, -0.05) is 23.7 Å². The van der Waals surface area contributed by atoms with E-state index in [0.717, 1.165) is 30.9 Å². The van der Waals surface area contributed by atoms with Crippen LogP contribution in [-0.4, -0.2) is 19.6 Å². The van der Waals surface area contributed by atoms with Gasteiger partial charge in [0, 0.05) is 24.6 Å². The van der Waals surface area contributed by atoms with E-state index in [4.69, 9.17) is 27.9 Å². The Morgan fingerprint density at radius 1 is 1.38 bits per heavy atom. The summed E-state index contributed by atoms with van der Waals surface area (Å²) >= 11 is 11.9. The predicted molar refractivity (Wildman–Crippen MR) is 70.5 cm³/mol. The van der Waals surface area contributed by atoms with Gasteiger partial charge in [0.05, 0.1) is 0 Å². The van der Waals surface area contributed by atoms with Crippen molar-refractivity contribution in [2.75, 3.05) is 19.6 Å². The summed E-state index contributed by atoms with van der Waals surface area (Å²) in [5.41, 5.74) is 1.26. The van der Waals surface area contributed by atoms with Gasteiger partial charge in [-0.2, -0.15) is 0 Å². The Kier molecular flexibility index (Phi) is 6.86. The Morgan fingerprint density at radius 3 is 2.81 bits per heavy atom. The molecule has 16 heavy (non-hydrogen) atoms. The third kappa shape index (κ3) is 5.20. The molecule has 0 saturated heterocycles. The van der Waals surface area contributed by atoms with Crippen LogP contribution in [0.15, 0.2) is 24.3 Å². The van der Waals surface area contributed by atoms with Crippen LogP contribution < -0.4 is 0 Å². The molecule has 0 aliphatic carbocycles. The molecule has 1 aromatic rings. The molecule has 90 valence electrons. The van der Waals surface area contributed by atoms with Crippen LogP contribution in [0, 0.1) is 5.92 Å². The Balaban J connectivity index is 2.43. The van der Waals surface area contributed by atoms with Gasteiger partial charge in [-0.25, -0.2) is 0 Å². The molecule has 0 aromatic heterocycles. The molecule has 1 aromatic carbocycles. The molecule has 0 bridgehead atoms. The zero-order valence-corrected chi connectivity index (χ0v) is 11.1. The number of alkyl halides is 1. The lowest BCUT2D eigenvalue weighted by atomic mass is 9.97. The van der Waals surface area contributed by atoms with Crippen molar-refractivity contribution in [1.82, 2.24) is 0 Å². The minimum absolute atomic E-state index is 0.510. The summed E-state index contributed by atoms with van der Waals surface area (Å²) in [5, 5.41) is 0.794. The van der Waals surface area contributed by atoms with Crippen molar-refractivity contribution in [1.29, 1.82) is 0 Å². The van der Waals surface area contributed by atoms with E-state index in [9.17, 15) is 0 Å². The summed E-state index contributed by atoms with van der Waals surface area (Å²) in [7, 11) is 1.73. The fraction of sp³-hybridized carbons (Fsp3) is 0.538. The van der Waals surface area contributed by atoms with Gasteiger partial charge in [-0.15, -0.1) is 11.6 Å². The number of ether oxygens (including phenoxy) is 1. The standard InChI is InChI=1S/C13H18Cl2O/c1-16-7-3-5-12(10-14)8-11-4-2-6-13(15)9-11/h2,4,6,9,12H,3,5,7-8,10H2,1H3. The molecule has 0 amide bonds. The van der Waals surface area contributed by atoms with Gasteiger partial charge in [0.15, 0.2) is 0 Å². The molecule has 1 nitrogen and oxygen atoms in total. The average molecular weight is 261 g/mol. The first-order chi connectivity index (χ1) is 7.76. The monoisotopic (exact) mass is 260 g/mol. The Hall–Kier alpha value is -0.240. The fourth-order valence-corrected chi connectivity index (χ4v) is 2.22. The molecule has 0 fully saturated rings. The van der Waals surface area contributed by atoms with Gasteiger partial charge in [0.2, 0.25) is 0 Å². The van der Waals surface area contributed by atoms with Crippen molar-refractivity contribution >= 4 is 23.2 Å². The van der Waals surface area contributed by atoms with Crippen LogP contribution in [0.3, 0.4) is 0 Å². The summed E-state index contributed by atoms with van der Waals surface area (Å²) in [6.45, 7) is 0.808. The molecule has 0 aliphatic rings. The Labute approximate surface area is 108 Å². The highest BCUT2D eigenvalue weighted by Crippen LogP contribution is 2.18. The number of hydrogen-bond donors (Lipinski definition) is 0. The second-order valence-electron chi connectivity index (χ2n) is 3.99. The van der Waals surface area contributed by atoms with Crippen LogP contribution >= 0.6 is 23.2 Å². The fourth-order valence-electron chi connectivity index (χ4n) is 1.75. The lowest BCUT2D eigenvalue weighted by Gasteiger charge is -2.13. The lowest BCUT2D eigenvalue weighted by molar-refractivity contribution is 0.188. The second kappa shape index (κ2) is 7.94. The molecule has 0 N–H and O–H groups in total. The molecular formula is C13H18Cl2O. The quantitative estimate of drug-likeness (QED) is 0.529.